The molecule has 0 amide bonds. The maximum atomic E-state index is 12.5. The number of nitrogens with two attached hydrogens (primary N) is 1. The molecule has 1 fully saturated rings. The van der Waals surface area contributed by atoms with Crippen LogP contribution in [0, 0.1) is 0 Å². The van der Waals surface area contributed by atoms with Gasteiger partial charge in [0.15, 0.2) is 0 Å². The largest absolute Gasteiger partial charge is 0.491 e. The third kappa shape index (κ3) is 4.78. The fourth-order valence-corrected chi connectivity index (χ4v) is 5.18. The van der Waals surface area contributed by atoms with Gasteiger partial charge in [-0.1, -0.05) is 19.3 Å². The minimum Gasteiger partial charge on any atom is -0.386 e. The van der Waals surface area contributed by atoms with Crippen LogP contribution in [0.4, 0.5) is 13.2 Å². The first-order valence-corrected chi connectivity index (χ1v) is 9.27. The van der Waals surface area contributed by atoms with Crippen molar-refractivity contribution in [2.24, 2.45) is 5.73 Å². The van der Waals surface area contributed by atoms with Crippen molar-refractivity contribution in [3.05, 3.63) is 0 Å². The molecule has 1 saturated heterocycles. The molecule has 0 aromatic rings. The van der Waals surface area contributed by atoms with Crippen molar-refractivity contribution < 1.29 is 37.0 Å². The van der Waals surface area contributed by atoms with Crippen LogP contribution in [0.5, 0.6) is 0 Å². The van der Waals surface area contributed by atoms with Crippen LogP contribution >= 0.6 is 7.37 Å². The highest BCUT2D eigenvalue weighted by Gasteiger charge is 2.57. The minimum atomic E-state index is -5.33. The molecule has 0 radical (unpaired) electrons. The Balaban J connectivity index is 2.97. The SMILES string of the molecule is NCCCCCC1(C(=O)OC(=O)C(F)(F)F)CCCCP1(=O)O. The van der Waals surface area contributed by atoms with E-state index in [2.05, 4.69) is 4.74 Å². The molecule has 10 heteroatoms. The van der Waals surface area contributed by atoms with Crippen LogP contribution in [-0.4, -0.2) is 40.9 Å². The molecule has 2 atom stereocenters. The molecular weight excluding hydrogens is 338 g/mol. The normalized spacial score (nSPS) is 28.4. The van der Waals surface area contributed by atoms with E-state index in [1.165, 1.54) is 0 Å². The molecule has 0 spiro atoms. The number of rotatable bonds is 6. The lowest BCUT2D eigenvalue weighted by Crippen LogP contribution is -2.45. The Morgan fingerprint density at radius 1 is 1.22 bits per heavy atom. The molecular formula is C13H21F3NO5P. The van der Waals surface area contributed by atoms with Gasteiger partial charge in [0.2, 0.25) is 7.37 Å². The number of esters is 2. The summed E-state index contributed by atoms with van der Waals surface area (Å²) in [5.74, 6) is -4.20. The summed E-state index contributed by atoms with van der Waals surface area (Å²) in [5.41, 5.74) is 5.34. The van der Waals surface area contributed by atoms with Gasteiger partial charge < -0.3 is 15.4 Å². The summed E-state index contributed by atoms with van der Waals surface area (Å²) in [6.07, 6.45) is -3.30. The summed E-state index contributed by atoms with van der Waals surface area (Å²) in [7, 11) is -4.07. The van der Waals surface area contributed by atoms with Crippen molar-refractivity contribution in [2.45, 2.75) is 56.3 Å². The van der Waals surface area contributed by atoms with Gasteiger partial charge in [-0.3, -0.25) is 9.36 Å². The van der Waals surface area contributed by atoms with Crippen LogP contribution in [0.25, 0.3) is 0 Å². The molecule has 0 aliphatic carbocycles. The fraction of sp³-hybridized carbons (Fsp3) is 0.846. The minimum absolute atomic E-state index is 0.0621. The summed E-state index contributed by atoms with van der Waals surface area (Å²) in [6, 6.07) is 0. The quantitative estimate of drug-likeness (QED) is 0.326. The van der Waals surface area contributed by atoms with Crippen molar-refractivity contribution in [3.8, 4) is 0 Å². The molecule has 0 saturated carbocycles. The van der Waals surface area contributed by atoms with Crippen molar-refractivity contribution in [1.82, 2.24) is 0 Å². The Bertz CT molecular complexity index is 496. The highest BCUT2D eigenvalue weighted by Crippen LogP contribution is 2.62. The first-order chi connectivity index (χ1) is 10.6. The van der Waals surface area contributed by atoms with Crippen LogP contribution in [-0.2, 0) is 18.9 Å². The third-order valence-electron chi connectivity index (χ3n) is 4.06. The average Bonchev–Trinajstić information content (AvgIpc) is 2.43. The second-order valence-corrected chi connectivity index (χ2v) is 8.39. The Morgan fingerprint density at radius 3 is 2.39 bits per heavy atom. The maximum Gasteiger partial charge on any atom is 0.491 e. The first-order valence-electron chi connectivity index (χ1n) is 7.42. The van der Waals surface area contributed by atoms with Crippen LogP contribution in [0.1, 0.15) is 44.9 Å². The summed E-state index contributed by atoms with van der Waals surface area (Å²) in [5, 5.41) is -1.93. The average molecular weight is 359 g/mol. The number of hydrogen-bond donors (Lipinski definition) is 2. The molecule has 1 rings (SSSR count). The van der Waals surface area contributed by atoms with E-state index in [1.807, 2.05) is 0 Å². The number of alkyl halides is 3. The van der Waals surface area contributed by atoms with Gasteiger partial charge >= 0.3 is 18.1 Å². The predicted molar refractivity (Wildman–Crippen MR) is 76.0 cm³/mol. The zero-order valence-corrected chi connectivity index (χ0v) is 13.5. The Morgan fingerprint density at radius 2 is 1.87 bits per heavy atom. The maximum absolute atomic E-state index is 12.5. The molecule has 1 heterocycles. The van der Waals surface area contributed by atoms with Crippen LogP contribution in [0.3, 0.4) is 0 Å². The van der Waals surface area contributed by atoms with E-state index in [0.717, 1.165) is 0 Å². The molecule has 6 nitrogen and oxygen atoms in total. The van der Waals surface area contributed by atoms with E-state index in [4.69, 9.17) is 5.73 Å². The molecule has 0 aromatic carbocycles. The van der Waals surface area contributed by atoms with E-state index in [1.54, 1.807) is 0 Å². The second-order valence-electron chi connectivity index (χ2n) is 5.69. The molecule has 0 aromatic heterocycles. The zero-order chi connectivity index (χ0) is 17.7. The number of halogens is 3. The lowest BCUT2D eigenvalue weighted by atomic mass is 9.93. The predicted octanol–water partition coefficient (Wildman–Crippen LogP) is 2.33. The number of carbonyl (C=O) groups excluding carboxylic acids is 2. The van der Waals surface area contributed by atoms with E-state index >= 15 is 0 Å². The van der Waals surface area contributed by atoms with Gasteiger partial charge in [0.25, 0.3) is 0 Å². The highest BCUT2D eigenvalue weighted by atomic mass is 31.2. The van der Waals surface area contributed by atoms with E-state index in [0.29, 0.717) is 38.6 Å². The van der Waals surface area contributed by atoms with Crippen molar-refractivity contribution >= 4 is 19.3 Å². The van der Waals surface area contributed by atoms with Gasteiger partial charge in [-0.15, -0.1) is 0 Å². The number of ether oxygens (including phenoxy) is 1. The first kappa shape index (κ1) is 20.1. The fourth-order valence-electron chi connectivity index (χ4n) is 2.75. The molecule has 3 N–H and O–H groups in total. The van der Waals surface area contributed by atoms with E-state index in [-0.39, 0.29) is 19.0 Å². The summed E-state index contributed by atoms with van der Waals surface area (Å²) < 4.78 is 53.2. The highest BCUT2D eigenvalue weighted by molar-refractivity contribution is 7.60. The zero-order valence-electron chi connectivity index (χ0n) is 12.6. The summed E-state index contributed by atoms with van der Waals surface area (Å²) >= 11 is 0. The topological polar surface area (TPSA) is 107 Å². The summed E-state index contributed by atoms with van der Waals surface area (Å²) in [4.78, 5) is 33.2. The smallest absolute Gasteiger partial charge is 0.386 e. The second kappa shape index (κ2) is 7.77. The van der Waals surface area contributed by atoms with Gasteiger partial charge in [0.1, 0.15) is 5.16 Å². The lowest BCUT2D eigenvalue weighted by Gasteiger charge is -2.38. The van der Waals surface area contributed by atoms with Crippen molar-refractivity contribution in [2.75, 3.05) is 12.7 Å². The van der Waals surface area contributed by atoms with Crippen LogP contribution in [0.15, 0.2) is 0 Å². The Hall–Kier alpha value is -0.920. The van der Waals surface area contributed by atoms with Crippen molar-refractivity contribution in [3.63, 3.8) is 0 Å². The molecule has 134 valence electrons. The number of hydrogen-bond acceptors (Lipinski definition) is 5. The standard InChI is InChI=1S/C13H21F3NO5P/c14-13(15,16)11(19)22-10(18)12(6-2-1-4-8-17)7-3-5-9-23(12,20)21/h1-9,17H2,(H,20,21). The Labute approximate surface area is 132 Å². The Kier molecular flexibility index (Phi) is 6.80. The summed E-state index contributed by atoms with van der Waals surface area (Å²) in [6.45, 7) is 0.404. The molecule has 23 heavy (non-hydrogen) atoms. The molecule has 0 bridgehead atoms. The van der Waals surface area contributed by atoms with Gasteiger partial charge in [-0.25, -0.2) is 4.79 Å². The monoisotopic (exact) mass is 359 g/mol. The van der Waals surface area contributed by atoms with Crippen molar-refractivity contribution in [1.29, 1.82) is 0 Å². The van der Waals surface area contributed by atoms with Gasteiger partial charge in [0.05, 0.1) is 0 Å². The van der Waals surface area contributed by atoms with E-state index < -0.39 is 30.6 Å². The van der Waals surface area contributed by atoms with Crippen LogP contribution in [0.2, 0.25) is 0 Å². The van der Waals surface area contributed by atoms with Crippen LogP contribution < -0.4 is 5.73 Å². The van der Waals surface area contributed by atoms with Gasteiger partial charge in [0, 0.05) is 6.16 Å². The molecule has 1 aliphatic rings. The van der Waals surface area contributed by atoms with E-state index in [9.17, 15) is 32.2 Å². The number of carbonyl (C=O) groups is 2. The molecule has 1 aliphatic heterocycles. The number of unbranched alkanes of at least 4 members (excludes halogenated alkanes) is 2. The van der Waals surface area contributed by atoms with Gasteiger partial charge in [-0.05, 0) is 32.2 Å². The third-order valence-corrected chi connectivity index (χ3v) is 6.95. The lowest BCUT2D eigenvalue weighted by molar-refractivity contribution is -0.203. The molecule has 2 unspecified atom stereocenters. The van der Waals surface area contributed by atoms with Gasteiger partial charge in [-0.2, -0.15) is 13.2 Å².